The number of phenolic OH excluding ortho intramolecular Hbond substituents is 1. The maximum absolute atomic E-state index is 9.14. The second-order valence-corrected chi connectivity index (χ2v) is 2.82. The zero-order valence-corrected chi connectivity index (χ0v) is 7.27. The van der Waals surface area contributed by atoms with Gasteiger partial charge in [0.15, 0.2) is 0 Å². The number of nitrogens with two attached hydrogens (primary N) is 1. The van der Waals surface area contributed by atoms with Crippen LogP contribution in [0.3, 0.4) is 0 Å². The van der Waals surface area contributed by atoms with Gasteiger partial charge in [-0.25, -0.2) is 0 Å². The Morgan fingerprint density at radius 2 is 2.23 bits per heavy atom. The number of hydrogen-bond donors (Lipinski definition) is 4. The van der Waals surface area contributed by atoms with E-state index in [-0.39, 0.29) is 12.3 Å². The van der Waals surface area contributed by atoms with Gasteiger partial charge in [-0.1, -0.05) is 6.07 Å². The predicted octanol–water partition coefficient (Wildman–Crippen LogP) is 0.124. The van der Waals surface area contributed by atoms with Gasteiger partial charge < -0.3 is 21.3 Å². The number of phenols is 1. The second kappa shape index (κ2) is 4.69. The smallest absolute Gasteiger partial charge is 0.117 e. The van der Waals surface area contributed by atoms with Gasteiger partial charge in [0.25, 0.3) is 0 Å². The summed E-state index contributed by atoms with van der Waals surface area (Å²) in [5.41, 5.74) is 6.00. The third kappa shape index (κ3) is 3.31. The van der Waals surface area contributed by atoms with E-state index in [9.17, 15) is 0 Å². The van der Waals surface area contributed by atoms with Crippen LogP contribution < -0.4 is 11.1 Å². The number of anilines is 1. The second-order valence-electron chi connectivity index (χ2n) is 2.82. The molecule has 1 aromatic rings. The van der Waals surface area contributed by atoms with Crippen LogP contribution >= 0.6 is 0 Å². The van der Waals surface area contributed by atoms with Crippen molar-refractivity contribution in [2.75, 3.05) is 18.4 Å². The Balaban J connectivity index is 2.45. The normalized spacial score (nSPS) is 12.5. The number of nitrogens with one attached hydrogen (secondary N) is 1. The summed E-state index contributed by atoms with van der Waals surface area (Å²) >= 11 is 0. The molecule has 0 aliphatic carbocycles. The van der Waals surface area contributed by atoms with E-state index < -0.39 is 6.10 Å². The highest BCUT2D eigenvalue weighted by Crippen LogP contribution is 2.14. The highest BCUT2D eigenvalue weighted by Gasteiger charge is 2.00. The summed E-state index contributed by atoms with van der Waals surface area (Å²) < 4.78 is 0. The average molecular weight is 182 g/mol. The van der Waals surface area contributed by atoms with Crippen LogP contribution in [-0.2, 0) is 0 Å². The Morgan fingerprint density at radius 1 is 1.46 bits per heavy atom. The fraction of sp³-hybridized carbons (Fsp3) is 0.333. The minimum atomic E-state index is -0.553. The minimum absolute atomic E-state index is 0.201. The minimum Gasteiger partial charge on any atom is -0.508 e. The van der Waals surface area contributed by atoms with Gasteiger partial charge in [0.2, 0.25) is 0 Å². The van der Waals surface area contributed by atoms with Crippen LogP contribution in [0.1, 0.15) is 0 Å². The molecule has 1 unspecified atom stereocenters. The zero-order chi connectivity index (χ0) is 9.68. The molecule has 0 radical (unpaired) electrons. The molecule has 0 heterocycles. The quantitative estimate of drug-likeness (QED) is 0.533. The first-order valence-corrected chi connectivity index (χ1v) is 4.13. The Labute approximate surface area is 77.0 Å². The maximum atomic E-state index is 9.14. The van der Waals surface area contributed by atoms with Crippen molar-refractivity contribution in [2.24, 2.45) is 5.73 Å². The Kier molecular flexibility index (Phi) is 3.54. The SMILES string of the molecule is NCC(O)CNc1cccc(O)c1. The van der Waals surface area contributed by atoms with Crippen LogP contribution in [0.15, 0.2) is 24.3 Å². The van der Waals surface area contributed by atoms with Crippen molar-refractivity contribution >= 4 is 5.69 Å². The number of aromatic hydroxyl groups is 1. The summed E-state index contributed by atoms with van der Waals surface area (Å²) in [6.45, 7) is 0.617. The lowest BCUT2D eigenvalue weighted by Gasteiger charge is -2.10. The van der Waals surface area contributed by atoms with E-state index in [1.807, 2.05) is 6.07 Å². The fourth-order valence-electron chi connectivity index (χ4n) is 0.935. The molecule has 0 fully saturated rings. The summed E-state index contributed by atoms with van der Waals surface area (Å²) in [5, 5.41) is 21.2. The van der Waals surface area contributed by atoms with Gasteiger partial charge >= 0.3 is 0 Å². The van der Waals surface area contributed by atoms with Gasteiger partial charge in [-0.15, -0.1) is 0 Å². The topological polar surface area (TPSA) is 78.5 Å². The summed E-state index contributed by atoms with van der Waals surface area (Å²) in [4.78, 5) is 0. The molecule has 5 N–H and O–H groups in total. The third-order valence-electron chi connectivity index (χ3n) is 1.66. The van der Waals surface area contributed by atoms with Gasteiger partial charge in [0, 0.05) is 24.8 Å². The van der Waals surface area contributed by atoms with Crippen molar-refractivity contribution in [3.63, 3.8) is 0 Å². The number of benzene rings is 1. The lowest BCUT2D eigenvalue weighted by Crippen LogP contribution is -2.27. The predicted molar refractivity (Wildman–Crippen MR) is 51.7 cm³/mol. The summed E-state index contributed by atoms with van der Waals surface area (Å²) in [6.07, 6.45) is -0.553. The molecule has 1 rings (SSSR count). The van der Waals surface area contributed by atoms with Crippen molar-refractivity contribution in [3.05, 3.63) is 24.3 Å². The molecule has 0 amide bonds. The first-order chi connectivity index (χ1) is 6.22. The van der Waals surface area contributed by atoms with Crippen LogP contribution in [-0.4, -0.2) is 29.4 Å². The molecule has 0 aliphatic heterocycles. The van der Waals surface area contributed by atoms with Crippen molar-refractivity contribution in [1.82, 2.24) is 0 Å². The molecule has 0 aliphatic rings. The first kappa shape index (κ1) is 9.83. The lowest BCUT2D eigenvalue weighted by molar-refractivity contribution is 0.196. The molecule has 0 saturated carbocycles. The molecule has 0 aromatic heterocycles. The summed E-state index contributed by atoms with van der Waals surface area (Å²) in [7, 11) is 0. The number of aliphatic hydroxyl groups is 1. The Morgan fingerprint density at radius 3 is 2.85 bits per heavy atom. The summed E-state index contributed by atoms with van der Waals surface area (Å²) in [6, 6.07) is 6.71. The fourth-order valence-corrected chi connectivity index (χ4v) is 0.935. The number of aliphatic hydroxyl groups excluding tert-OH is 1. The Bertz CT molecular complexity index is 266. The van der Waals surface area contributed by atoms with E-state index in [2.05, 4.69) is 5.32 Å². The van der Waals surface area contributed by atoms with Gasteiger partial charge in [0.1, 0.15) is 5.75 Å². The molecule has 4 heteroatoms. The van der Waals surface area contributed by atoms with Crippen LogP contribution in [0.25, 0.3) is 0 Å². The first-order valence-electron chi connectivity index (χ1n) is 4.13. The molecule has 1 atom stereocenters. The van der Waals surface area contributed by atoms with Gasteiger partial charge in [-0.3, -0.25) is 0 Å². The van der Waals surface area contributed by atoms with E-state index in [4.69, 9.17) is 15.9 Å². The molecule has 4 nitrogen and oxygen atoms in total. The molecule has 72 valence electrons. The van der Waals surface area contributed by atoms with E-state index in [1.165, 1.54) is 0 Å². The van der Waals surface area contributed by atoms with E-state index >= 15 is 0 Å². The van der Waals surface area contributed by atoms with Crippen molar-refractivity contribution in [1.29, 1.82) is 0 Å². The van der Waals surface area contributed by atoms with E-state index in [0.29, 0.717) is 6.54 Å². The van der Waals surface area contributed by atoms with Crippen molar-refractivity contribution in [3.8, 4) is 5.75 Å². The molecule has 0 saturated heterocycles. The molecule has 0 spiro atoms. The average Bonchev–Trinajstić information content (AvgIpc) is 2.14. The molecule has 0 bridgehead atoms. The van der Waals surface area contributed by atoms with Crippen LogP contribution in [0.2, 0.25) is 0 Å². The number of hydrogen-bond acceptors (Lipinski definition) is 4. The Hall–Kier alpha value is -1.26. The lowest BCUT2D eigenvalue weighted by atomic mass is 10.3. The van der Waals surface area contributed by atoms with E-state index in [0.717, 1.165) is 5.69 Å². The van der Waals surface area contributed by atoms with Crippen molar-refractivity contribution in [2.45, 2.75) is 6.10 Å². The highest BCUT2D eigenvalue weighted by atomic mass is 16.3. The largest absolute Gasteiger partial charge is 0.508 e. The maximum Gasteiger partial charge on any atom is 0.117 e. The van der Waals surface area contributed by atoms with Gasteiger partial charge in [0.05, 0.1) is 6.10 Å². The highest BCUT2D eigenvalue weighted by molar-refractivity contribution is 5.47. The molecule has 13 heavy (non-hydrogen) atoms. The summed E-state index contributed by atoms with van der Waals surface area (Å²) in [5.74, 6) is 0.201. The monoisotopic (exact) mass is 182 g/mol. The molecule has 1 aromatic carbocycles. The van der Waals surface area contributed by atoms with Gasteiger partial charge in [-0.2, -0.15) is 0 Å². The van der Waals surface area contributed by atoms with E-state index in [1.54, 1.807) is 18.2 Å². The molecular weight excluding hydrogens is 168 g/mol. The van der Waals surface area contributed by atoms with Crippen LogP contribution in [0.5, 0.6) is 5.75 Å². The van der Waals surface area contributed by atoms with Gasteiger partial charge in [-0.05, 0) is 12.1 Å². The van der Waals surface area contributed by atoms with Crippen molar-refractivity contribution < 1.29 is 10.2 Å². The standard InChI is InChI=1S/C9H14N2O2/c10-5-9(13)6-11-7-2-1-3-8(12)4-7/h1-4,9,11-13H,5-6,10H2. The third-order valence-corrected chi connectivity index (χ3v) is 1.66. The van der Waals surface area contributed by atoms with Crippen LogP contribution in [0.4, 0.5) is 5.69 Å². The zero-order valence-electron chi connectivity index (χ0n) is 7.27. The molecular formula is C9H14N2O2. The van der Waals surface area contributed by atoms with Crippen LogP contribution in [0, 0.1) is 0 Å². The number of rotatable bonds is 4.